The Morgan fingerprint density at radius 3 is 2.57 bits per heavy atom. The summed E-state index contributed by atoms with van der Waals surface area (Å²) in [7, 11) is 0. The molecule has 0 amide bonds. The second-order valence-corrected chi connectivity index (χ2v) is 5.81. The van der Waals surface area contributed by atoms with Gasteiger partial charge in [0.05, 0.1) is 6.61 Å². The van der Waals surface area contributed by atoms with E-state index in [0.29, 0.717) is 16.5 Å². The van der Waals surface area contributed by atoms with Gasteiger partial charge in [0.25, 0.3) is 0 Å². The minimum absolute atomic E-state index is 0.118. The normalized spacial score (nSPS) is 13.3. The number of aliphatic carboxylic acids is 1. The number of carboxylic acid groups (broad SMARTS) is 1. The molecule has 1 aromatic rings. The SMILES string of the molecule is C=C(C)CCC(C(=O)O)(C(=O)OCC)c1cccc(Br)c1. The molecule has 0 aliphatic heterocycles. The first-order valence-electron chi connectivity index (χ1n) is 6.65. The van der Waals surface area contributed by atoms with E-state index in [2.05, 4.69) is 22.5 Å². The summed E-state index contributed by atoms with van der Waals surface area (Å²) in [6.07, 6.45) is 0.546. The molecule has 1 unspecified atom stereocenters. The molecule has 1 aromatic carbocycles. The fourth-order valence-electron chi connectivity index (χ4n) is 2.09. The van der Waals surface area contributed by atoms with Crippen LogP contribution in [-0.2, 0) is 19.7 Å². The molecule has 4 nitrogen and oxygen atoms in total. The van der Waals surface area contributed by atoms with Crippen molar-refractivity contribution in [2.24, 2.45) is 0 Å². The molecule has 0 heterocycles. The van der Waals surface area contributed by atoms with Crippen LogP contribution < -0.4 is 0 Å². The number of carboxylic acids is 1. The molecule has 1 N–H and O–H groups in total. The Balaban J connectivity index is 3.39. The largest absolute Gasteiger partial charge is 0.480 e. The van der Waals surface area contributed by atoms with E-state index in [4.69, 9.17) is 4.74 Å². The maximum absolute atomic E-state index is 12.4. The third kappa shape index (κ3) is 3.94. The van der Waals surface area contributed by atoms with Gasteiger partial charge in [-0.3, -0.25) is 9.59 Å². The van der Waals surface area contributed by atoms with E-state index in [-0.39, 0.29) is 13.0 Å². The molecule has 0 saturated carbocycles. The van der Waals surface area contributed by atoms with E-state index >= 15 is 0 Å². The van der Waals surface area contributed by atoms with E-state index in [1.54, 1.807) is 38.1 Å². The molecule has 0 aliphatic carbocycles. The van der Waals surface area contributed by atoms with Crippen LogP contribution in [-0.4, -0.2) is 23.7 Å². The Kier molecular flexibility index (Phi) is 6.15. The topological polar surface area (TPSA) is 63.6 Å². The minimum atomic E-state index is -1.71. The molecule has 0 fully saturated rings. The summed E-state index contributed by atoms with van der Waals surface area (Å²) in [6, 6.07) is 6.76. The van der Waals surface area contributed by atoms with Gasteiger partial charge in [-0.2, -0.15) is 0 Å². The van der Waals surface area contributed by atoms with Crippen LogP contribution in [0.4, 0.5) is 0 Å². The van der Waals surface area contributed by atoms with Crippen LogP contribution in [0.25, 0.3) is 0 Å². The molecule has 114 valence electrons. The Bertz CT molecular complexity index is 553. The average Bonchev–Trinajstić information content (AvgIpc) is 2.39. The Morgan fingerprint density at radius 2 is 2.10 bits per heavy atom. The molecule has 1 rings (SSSR count). The van der Waals surface area contributed by atoms with Gasteiger partial charge in [-0.25, -0.2) is 0 Å². The number of benzene rings is 1. The highest BCUT2D eigenvalue weighted by Crippen LogP contribution is 2.34. The van der Waals surface area contributed by atoms with Crippen molar-refractivity contribution in [3.8, 4) is 0 Å². The van der Waals surface area contributed by atoms with Crippen molar-refractivity contribution in [1.29, 1.82) is 0 Å². The van der Waals surface area contributed by atoms with Crippen LogP contribution in [0.15, 0.2) is 40.9 Å². The first-order valence-corrected chi connectivity index (χ1v) is 7.45. The standard InChI is InChI=1S/C16H19BrO4/c1-4-21-15(20)16(14(18)19,9-8-11(2)3)12-6-5-7-13(17)10-12/h5-7,10H,2,4,8-9H2,1,3H3,(H,18,19). The lowest BCUT2D eigenvalue weighted by Crippen LogP contribution is -2.45. The van der Waals surface area contributed by atoms with Crippen LogP contribution in [0.2, 0.25) is 0 Å². The number of carbonyl (C=O) groups is 2. The zero-order valence-corrected chi connectivity index (χ0v) is 13.8. The summed E-state index contributed by atoms with van der Waals surface area (Å²) in [5.74, 6) is -1.95. The van der Waals surface area contributed by atoms with E-state index in [9.17, 15) is 14.7 Å². The first-order chi connectivity index (χ1) is 9.84. The van der Waals surface area contributed by atoms with Gasteiger partial charge in [-0.1, -0.05) is 33.6 Å². The number of esters is 1. The Labute approximate surface area is 132 Å². The van der Waals surface area contributed by atoms with E-state index in [1.165, 1.54) is 0 Å². The third-order valence-electron chi connectivity index (χ3n) is 3.23. The summed E-state index contributed by atoms with van der Waals surface area (Å²) in [5, 5.41) is 9.73. The molecular weight excluding hydrogens is 336 g/mol. The number of ether oxygens (including phenoxy) is 1. The summed E-state index contributed by atoms with van der Waals surface area (Å²) < 4.78 is 5.74. The Hall–Kier alpha value is -1.62. The van der Waals surface area contributed by atoms with Crippen molar-refractivity contribution >= 4 is 27.9 Å². The number of hydrogen-bond acceptors (Lipinski definition) is 3. The number of hydrogen-bond donors (Lipinski definition) is 1. The smallest absolute Gasteiger partial charge is 0.328 e. The van der Waals surface area contributed by atoms with E-state index < -0.39 is 17.4 Å². The van der Waals surface area contributed by atoms with Gasteiger partial charge < -0.3 is 9.84 Å². The summed E-state index contributed by atoms with van der Waals surface area (Å²) in [5.41, 5.74) is -0.484. The molecule has 1 atom stereocenters. The maximum Gasteiger partial charge on any atom is 0.328 e. The fourth-order valence-corrected chi connectivity index (χ4v) is 2.49. The van der Waals surface area contributed by atoms with Gasteiger partial charge in [0.2, 0.25) is 0 Å². The first kappa shape index (κ1) is 17.4. The molecular formula is C16H19BrO4. The van der Waals surface area contributed by atoms with Gasteiger partial charge in [-0.05, 0) is 44.4 Å². The van der Waals surface area contributed by atoms with Crippen molar-refractivity contribution in [3.05, 3.63) is 46.5 Å². The second kappa shape index (κ2) is 7.41. The summed E-state index contributed by atoms with van der Waals surface area (Å²) >= 11 is 3.31. The molecule has 0 aromatic heterocycles. The van der Waals surface area contributed by atoms with Crippen LogP contribution >= 0.6 is 15.9 Å². The number of halogens is 1. The highest BCUT2D eigenvalue weighted by Gasteiger charge is 2.49. The van der Waals surface area contributed by atoms with Gasteiger partial charge in [0.15, 0.2) is 5.41 Å². The minimum Gasteiger partial charge on any atom is -0.480 e. The van der Waals surface area contributed by atoms with Crippen molar-refractivity contribution in [1.82, 2.24) is 0 Å². The third-order valence-corrected chi connectivity index (χ3v) is 3.73. The number of rotatable bonds is 7. The van der Waals surface area contributed by atoms with Crippen molar-refractivity contribution in [2.75, 3.05) is 6.61 Å². The molecule has 0 saturated heterocycles. The number of carbonyl (C=O) groups excluding carboxylic acids is 1. The van der Waals surface area contributed by atoms with Gasteiger partial charge in [0.1, 0.15) is 0 Å². The van der Waals surface area contributed by atoms with Gasteiger partial charge >= 0.3 is 11.9 Å². The van der Waals surface area contributed by atoms with Crippen LogP contribution in [0.5, 0.6) is 0 Å². The number of allylic oxidation sites excluding steroid dienone is 1. The average molecular weight is 355 g/mol. The zero-order chi connectivity index (χ0) is 16.0. The molecule has 21 heavy (non-hydrogen) atoms. The predicted molar refractivity (Wildman–Crippen MR) is 84.1 cm³/mol. The monoisotopic (exact) mass is 354 g/mol. The molecule has 5 heteroatoms. The van der Waals surface area contributed by atoms with Crippen LogP contribution in [0, 0.1) is 0 Å². The fraction of sp³-hybridized carbons (Fsp3) is 0.375. The summed E-state index contributed by atoms with van der Waals surface area (Å²) in [4.78, 5) is 24.3. The highest BCUT2D eigenvalue weighted by atomic mass is 79.9. The Morgan fingerprint density at radius 1 is 1.43 bits per heavy atom. The lowest BCUT2D eigenvalue weighted by molar-refractivity contribution is -0.162. The van der Waals surface area contributed by atoms with Gasteiger partial charge in [0, 0.05) is 4.47 Å². The van der Waals surface area contributed by atoms with E-state index in [1.807, 2.05) is 0 Å². The van der Waals surface area contributed by atoms with Crippen molar-refractivity contribution < 1.29 is 19.4 Å². The quantitative estimate of drug-likeness (QED) is 0.460. The maximum atomic E-state index is 12.4. The second-order valence-electron chi connectivity index (χ2n) is 4.90. The lowest BCUT2D eigenvalue weighted by Gasteiger charge is -2.28. The zero-order valence-electron chi connectivity index (χ0n) is 12.2. The molecule has 0 bridgehead atoms. The van der Waals surface area contributed by atoms with Crippen molar-refractivity contribution in [2.45, 2.75) is 32.1 Å². The summed E-state index contributed by atoms with van der Waals surface area (Å²) in [6.45, 7) is 7.37. The lowest BCUT2D eigenvalue weighted by atomic mass is 9.76. The highest BCUT2D eigenvalue weighted by molar-refractivity contribution is 9.10. The van der Waals surface area contributed by atoms with E-state index in [0.717, 1.165) is 5.57 Å². The van der Waals surface area contributed by atoms with Crippen LogP contribution in [0.1, 0.15) is 32.3 Å². The molecule has 0 aliphatic rings. The van der Waals surface area contributed by atoms with Crippen molar-refractivity contribution in [3.63, 3.8) is 0 Å². The molecule has 0 spiro atoms. The molecule has 0 radical (unpaired) electrons. The van der Waals surface area contributed by atoms with Crippen LogP contribution in [0.3, 0.4) is 0 Å². The van der Waals surface area contributed by atoms with Gasteiger partial charge in [-0.15, -0.1) is 6.58 Å². The predicted octanol–water partition coefficient (Wildman–Crippen LogP) is 3.69.